The fourth-order valence-corrected chi connectivity index (χ4v) is 1.94. The van der Waals surface area contributed by atoms with Crippen molar-refractivity contribution in [1.29, 1.82) is 0 Å². The lowest BCUT2D eigenvalue weighted by atomic mass is 9.74. The maximum atomic E-state index is 9.85. The van der Waals surface area contributed by atoms with Crippen molar-refractivity contribution in [1.82, 2.24) is 0 Å². The first kappa shape index (κ1) is 19.2. The molecule has 116 valence electrons. The summed E-state index contributed by atoms with van der Waals surface area (Å²) in [5.74, 6) is 0.401. The molecule has 0 heterocycles. The molecule has 0 bridgehead atoms. The van der Waals surface area contributed by atoms with E-state index in [2.05, 4.69) is 47.6 Å². The van der Waals surface area contributed by atoms with Crippen LogP contribution in [0.15, 0.2) is 12.1 Å². The Morgan fingerprint density at radius 2 is 1.20 bits per heavy atom. The zero-order chi connectivity index (χ0) is 16.3. The average Bonchev–Trinajstić information content (AvgIpc) is 2.17. The summed E-state index contributed by atoms with van der Waals surface area (Å²) in [6.45, 7) is 15.2. The van der Waals surface area contributed by atoms with Crippen LogP contribution in [0.1, 0.15) is 58.2 Å². The van der Waals surface area contributed by atoms with Crippen molar-refractivity contribution in [2.75, 3.05) is 0 Å². The summed E-state index contributed by atoms with van der Waals surface area (Å²) >= 11 is 0. The average molecular weight is 302 g/mol. The predicted molar refractivity (Wildman–Crippen MR) is 83.7 cm³/mol. The van der Waals surface area contributed by atoms with Crippen LogP contribution in [0.3, 0.4) is 0 Å². The molecule has 0 unspecified atom stereocenters. The van der Waals surface area contributed by atoms with Gasteiger partial charge < -0.3 is 14.9 Å². The number of phenolic OH excluding ortho intramolecular Hbond substituents is 1. The number of hydrogen-bond donors (Lipinski definition) is 3. The molecule has 0 aliphatic carbocycles. The van der Waals surface area contributed by atoms with Gasteiger partial charge in [-0.2, -0.15) is 0 Å². The van der Waals surface area contributed by atoms with Crippen LogP contribution in [-0.4, -0.2) is 14.9 Å². The molecule has 0 aliphatic heterocycles. The van der Waals surface area contributed by atoms with E-state index in [1.54, 1.807) is 0 Å². The lowest BCUT2D eigenvalue weighted by Crippen LogP contribution is -2.22. The topological polar surface area (TPSA) is 77.8 Å². The Balaban J connectivity index is 0.000000796. The lowest BCUT2D eigenvalue weighted by molar-refractivity contribution is 0.405. The van der Waals surface area contributed by atoms with Gasteiger partial charge in [0.15, 0.2) is 0 Å². The molecule has 0 fully saturated rings. The standard InChI is InChI=1S/C15H24O.H3O3P/c1-10-8-11(14(2,3)4)12(9-13(10)16)15(5,6)7;1-4(2)3/h8-9,16H,1-7H3;4H,(H2,1,2,3). The summed E-state index contributed by atoms with van der Waals surface area (Å²) in [6.07, 6.45) is 0. The van der Waals surface area contributed by atoms with E-state index in [1.807, 2.05) is 13.0 Å². The van der Waals surface area contributed by atoms with Crippen LogP contribution in [-0.2, 0) is 15.4 Å². The maximum absolute atomic E-state index is 9.85. The van der Waals surface area contributed by atoms with E-state index in [1.165, 1.54) is 11.1 Å². The molecule has 0 spiro atoms. The number of aromatic hydroxyl groups is 1. The predicted octanol–water partition coefficient (Wildman–Crippen LogP) is 3.66. The maximum Gasteiger partial charge on any atom is 0.314 e. The van der Waals surface area contributed by atoms with Crippen molar-refractivity contribution in [3.05, 3.63) is 28.8 Å². The van der Waals surface area contributed by atoms with Gasteiger partial charge in [0.05, 0.1) is 0 Å². The minimum Gasteiger partial charge on any atom is -0.508 e. The molecule has 3 N–H and O–H groups in total. The fourth-order valence-electron chi connectivity index (χ4n) is 1.94. The summed E-state index contributed by atoms with van der Waals surface area (Å²) in [4.78, 5) is 14.3. The van der Waals surface area contributed by atoms with Crippen molar-refractivity contribution in [3.8, 4) is 5.75 Å². The van der Waals surface area contributed by atoms with Gasteiger partial charge in [-0.15, -0.1) is 0 Å². The molecule has 0 amide bonds. The third kappa shape index (κ3) is 6.08. The van der Waals surface area contributed by atoms with Crippen LogP contribution in [0.5, 0.6) is 5.75 Å². The quantitative estimate of drug-likeness (QED) is 0.639. The highest BCUT2D eigenvalue weighted by Crippen LogP contribution is 2.37. The molecule has 5 heteroatoms. The van der Waals surface area contributed by atoms with Gasteiger partial charge in [-0.25, -0.2) is 0 Å². The summed E-state index contributed by atoms with van der Waals surface area (Å²) in [7, 11) is -3.13. The van der Waals surface area contributed by atoms with E-state index in [4.69, 9.17) is 14.4 Å². The Morgan fingerprint density at radius 1 is 0.900 bits per heavy atom. The highest BCUT2D eigenvalue weighted by molar-refractivity contribution is 7.30. The summed E-state index contributed by atoms with van der Waals surface area (Å²) in [6, 6.07) is 4.05. The third-order valence-electron chi connectivity index (χ3n) is 2.95. The van der Waals surface area contributed by atoms with Crippen LogP contribution >= 0.6 is 8.25 Å². The molecule has 0 saturated heterocycles. The molecule has 4 nitrogen and oxygen atoms in total. The normalized spacial score (nSPS) is 12.1. The van der Waals surface area contributed by atoms with Crippen molar-refractivity contribution in [3.63, 3.8) is 0 Å². The van der Waals surface area contributed by atoms with E-state index < -0.39 is 8.25 Å². The van der Waals surface area contributed by atoms with Gasteiger partial charge in [-0.1, -0.05) is 47.6 Å². The molecule has 20 heavy (non-hydrogen) atoms. The van der Waals surface area contributed by atoms with Crippen LogP contribution < -0.4 is 0 Å². The molecule has 1 aromatic rings. The Bertz CT molecular complexity index is 439. The van der Waals surface area contributed by atoms with Crippen LogP contribution in [0.25, 0.3) is 0 Å². The van der Waals surface area contributed by atoms with Crippen molar-refractivity contribution >= 4 is 8.25 Å². The van der Waals surface area contributed by atoms with Gasteiger partial charge in [-0.05, 0) is 40.5 Å². The van der Waals surface area contributed by atoms with Crippen LogP contribution in [0, 0.1) is 6.92 Å². The zero-order valence-corrected chi connectivity index (χ0v) is 14.4. The first-order chi connectivity index (χ1) is 8.76. The third-order valence-corrected chi connectivity index (χ3v) is 2.95. The number of benzene rings is 1. The Labute approximate surface area is 122 Å². The van der Waals surface area contributed by atoms with E-state index >= 15 is 0 Å². The van der Waals surface area contributed by atoms with Gasteiger partial charge in [0.2, 0.25) is 0 Å². The molecule has 1 rings (SSSR count). The van der Waals surface area contributed by atoms with Crippen molar-refractivity contribution < 1.29 is 19.5 Å². The minimum atomic E-state index is -3.13. The first-order valence-electron chi connectivity index (χ1n) is 6.53. The van der Waals surface area contributed by atoms with Crippen LogP contribution in [0.2, 0.25) is 0 Å². The second kappa shape index (κ2) is 6.75. The van der Waals surface area contributed by atoms with E-state index in [-0.39, 0.29) is 10.8 Å². The lowest BCUT2D eigenvalue weighted by Gasteiger charge is -2.30. The molecule has 0 saturated carbocycles. The molecule has 0 aromatic heterocycles. The molecular weight excluding hydrogens is 275 g/mol. The highest BCUT2D eigenvalue weighted by atomic mass is 31.1. The Kier molecular flexibility index (Phi) is 6.47. The zero-order valence-electron chi connectivity index (χ0n) is 13.4. The summed E-state index contributed by atoms with van der Waals surface area (Å²) < 4.78 is 8.74. The monoisotopic (exact) mass is 302 g/mol. The minimum absolute atomic E-state index is 0.0633. The SMILES string of the molecule is Cc1cc(C(C)(C)C)c(C(C)(C)C)cc1O.O=[PH](O)O. The molecule has 0 atom stereocenters. The molecule has 0 aliphatic rings. The number of rotatable bonds is 0. The fraction of sp³-hybridized carbons (Fsp3) is 0.600. The van der Waals surface area contributed by atoms with Crippen LogP contribution in [0.4, 0.5) is 0 Å². The molecule has 1 aromatic carbocycles. The van der Waals surface area contributed by atoms with E-state index in [0.717, 1.165) is 5.56 Å². The van der Waals surface area contributed by atoms with E-state index in [9.17, 15) is 5.11 Å². The summed E-state index contributed by atoms with van der Waals surface area (Å²) in [5.41, 5.74) is 3.70. The van der Waals surface area contributed by atoms with E-state index in [0.29, 0.717) is 5.75 Å². The van der Waals surface area contributed by atoms with Gasteiger partial charge in [0, 0.05) is 0 Å². The largest absolute Gasteiger partial charge is 0.508 e. The number of hydrogen-bond acceptors (Lipinski definition) is 2. The van der Waals surface area contributed by atoms with Gasteiger partial charge in [0.1, 0.15) is 5.75 Å². The van der Waals surface area contributed by atoms with Gasteiger partial charge in [-0.3, -0.25) is 4.57 Å². The van der Waals surface area contributed by atoms with Gasteiger partial charge >= 0.3 is 8.25 Å². The number of phenols is 1. The van der Waals surface area contributed by atoms with Crippen molar-refractivity contribution in [2.45, 2.75) is 59.3 Å². The summed E-state index contributed by atoms with van der Waals surface area (Å²) in [5, 5.41) is 9.85. The molecule has 0 radical (unpaired) electrons. The second-order valence-corrected chi connectivity index (χ2v) is 7.53. The number of aryl methyl sites for hydroxylation is 1. The first-order valence-corrected chi connectivity index (χ1v) is 7.83. The Hall–Kier alpha value is -0.830. The van der Waals surface area contributed by atoms with Crippen molar-refractivity contribution in [2.24, 2.45) is 0 Å². The smallest absolute Gasteiger partial charge is 0.314 e. The second-order valence-electron chi connectivity index (χ2n) is 6.97. The van der Waals surface area contributed by atoms with Gasteiger partial charge in [0.25, 0.3) is 0 Å². The highest BCUT2D eigenvalue weighted by Gasteiger charge is 2.25. The Morgan fingerprint density at radius 3 is 1.50 bits per heavy atom. The molecular formula is C15H27O4P.